The zero-order valence-electron chi connectivity index (χ0n) is 12.2. The minimum atomic E-state index is 0.769. The van der Waals surface area contributed by atoms with E-state index in [2.05, 4.69) is 12.6 Å². The van der Waals surface area contributed by atoms with E-state index in [4.69, 9.17) is 9.47 Å². The van der Waals surface area contributed by atoms with Crippen molar-refractivity contribution in [3.63, 3.8) is 0 Å². The molecule has 0 radical (unpaired) electrons. The normalized spacial score (nSPS) is 10.3. The molecular weight excluding hydrogens is 280 g/mol. The molecule has 0 saturated heterocycles. The fourth-order valence-electron chi connectivity index (χ4n) is 1.99. The predicted octanol–water partition coefficient (Wildman–Crippen LogP) is 5.35. The Morgan fingerprint density at radius 3 is 2.00 bits per heavy atom. The van der Waals surface area contributed by atoms with Gasteiger partial charge in [0.05, 0.1) is 6.61 Å². The molecule has 2 rings (SSSR count). The average Bonchev–Trinajstić information content (AvgIpc) is 2.53. The molecule has 0 fully saturated rings. The minimum Gasteiger partial charge on any atom is -0.494 e. The standard InChI is InChI=1S/C18H22O2S/c21-15-7-2-1-6-14-19-16-10-12-18(13-11-16)20-17-8-4-3-5-9-17/h3-5,8-13,21H,1-2,6-7,14-15H2. The van der Waals surface area contributed by atoms with Crippen LogP contribution < -0.4 is 9.47 Å². The summed E-state index contributed by atoms with van der Waals surface area (Å²) in [6, 6.07) is 17.5. The van der Waals surface area contributed by atoms with Crippen LogP contribution in [0.25, 0.3) is 0 Å². The molecule has 0 aromatic heterocycles. The molecule has 2 nitrogen and oxygen atoms in total. The highest BCUT2D eigenvalue weighted by molar-refractivity contribution is 7.80. The van der Waals surface area contributed by atoms with E-state index >= 15 is 0 Å². The van der Waals surface area contributed by atoms with E-state index in [1.54, 1.807) is 0 Å². The fraction of sp³-hybridized carbons (Fsp3) is 0.333. The van der Waals surface area contributed by atoms with Crippen LogP contribution in [0.5, 0.6) is 17.2 Å². The molecule has 2 aromatic rings. The van der Waals surface area contributed by atoms with Gasteiger partial charge >= 0.3 is 0 Å². The Hall–Kier alpha value is -1.61. The van der Waals surface area contributed by atoms with Crippen LogP contribution in [0.15, 0.2) is 54.6 Å². The zero-order chi connectivity index (χ0) is 14.8. The summed E-state index contributed by atoms with van der Waals surface area (Å²) in [5.74, 6) is 3.53. The molecule has 0 aliphatic rings. The van der Waals surface area contributed by atoms with Gasteiger partial charge in [0.1, 0.15) is 17.2 Å². The quantitative estimate of drug-likeness (QED) is 0.497. The van der Waals surface area contributed by atoms with Gasteiger partial charge in [0.15, 0.2) is 0 Å². The van der Waals surface area contributed by atoms with E-state index in [9.17, 15) is 0 Å². The van der Waals surface area contributed by atoms with Gasteiger partial charge in [0.25, 0.3) is 0 Å². The van der Waals surface area contributed by atoms with Crippen LogP contribution in [0.3, 0.4) is 0 Å². The number of rotatable bonds is 9. The molecule has 0 bridgehead atoms. The van der Waals surface area contributed by atoms with Crippen LogP contribution in [0.1, 0.15) is 25.7 Å². The second kappa shape index (κ2) is 9.35. The molecule has 0 N–H and O–H groups in total. The molecule has 0 spiro atoms. The van der Waals surface area contributed by atoms with Crippen molar-refractivity contribution < 1.29 is 9.47 Å². The summed E-state index contributed by atoms with van der Waals surface area (Å²) < 4.78 is 11.5. The molecule has 0 unspecified atom stereocenters. The maximum atomic E-state index is 5.74. The Labute approximate surface area is 132 Å². The fourth-order valence-corrected chi connectivity index (χ4v) is 2.21. The smallest absolute Gasteiger partial charge is 0.127 e. The number of ether oxygens (including phenoxy) is 2. The molecule has 3 heteroatoms. The van der Waals surface area contributed by atoms with Gasteiger partial charge in [-0.25, -0.2) is 0 Å². The van der Waals surface area contributed by atoms with Crippen LogP contribution in [0.4, 0.5) is 0 Å². The van der Waals surface area contributed by atoms with Gasteiger partial charge in [-0.15, -0.1) is 0 Å². The second-order valence-electron chi connectivity index (χ2n) is 4.87. The SMILES string of the molecule is SCCCCCCOc1ccc(Oc2ccccc2)cc1. The van der Waals surface area contributed by atoms with Crippen molar-refractivity contribution in [1.29, 1.82) is 0 Å². The molecule has 0 aliphatic heterocycles. The third-order valence-corrected chi connectivity index (χ3v) is 3.44. The van der Waals surface area contributed by atoms with Gasteiger partial charge in [-0.3, -0.25) is 0 Å². The largest absolute Gasteiger partial charge is 0.494 e. The Morgan fingerprint density at radius 1 is 0.667 bits per heavy atom. The van der Waals surface area contributed by atoms with Crippen molar-refractivity contribution in [2.45, 2.75) is 25.7 Å². The third-order valence-electron chi connectivity index (χ3n) is 3.12. The van der Waals surface area contributed by atoms with Gasteiger partial charge < -0.3 is 9.47 Å². The van der Waals surface area contributed by atoms with Gasteiger partial charge in [-0.05, 0) is 55.0 Å². The zero-order valence-corrected chi connectivity index (χ0v) is 13.1. The van der Waals surface area contributed by atoms with E-state index in [1.807, 2.05) is 54.6 Å². The highest BCUT2D eigenvalue weighted by atomic mass is 32.1. The summed E-state index contributed by atoms with van der Waals surface area (Å²) >= 11 is 4.20. The molecule has 0 aliphatic carbocycles. The van der Waals surface area contributed by atoms with Crippen molar-refractivity contribution in [2.75, 3.05) is 12.4 Å². The van der Waals surface area contributed by atoms with Crippen molar-refractivity contribution in [3.05, 3.63) is 54.6 Å². The molecule has 21 heavy (non-hydrogen) atoms. The maximum Gasteiger partial charge on any atom is 0.127 e. The lowest BCUT2D eigenvalue weighted by Gasteiger charge is -2.08. The van der Waals surface area contributed by atoms with Crippen LogP contribution in [-0.4, -0.2) is 12.4 Å². The Kier molecular flexibility index (Phi) is 7.02. The van der Waals surface area contributed by atoms with Crippen molar-refractivity contribution in [1.82, 2.24) is 0 Å². The van der Waals surface area contributed by atoms with E-state index < -0.39 is 0 Å². The molecule has 2 aromatic carbocycles. The summed E-state index contributed by atoms with van der Waals surface area (Å²) in [6.45, 7) is 0.769. The molecule has 0 heterocycles. The average molecular weight is 302 g/mol. The maximum absolute atomic E-state index is 5.74. The minimum absolute atomic E-state index is 0.769. The first kappa shape index (κ1) is 15.8. The van der Waals surface area contributed by atoms with Crippen LogP contribution in [0.2, 0.25) is 0 Å². The van der Waals surface area contributed by atoms with Crippen LogP contribution >= 0.6 is 12.6 Å². The molecule has 0 saturated carbocycles. The number of benzene rings is 2. The van der Waals surface area contributed by atoms with Gasteiger partial charge in [-0.2, -0.15) is 12.6 Å². The van der Waals surface area contributed by atoms with Crippen molar-refractivity contribution in [3.8, 4) is 17.2 Å². The second-order valence-corrected chi connectivity index (χ2v) is 5.32. The molecular formula is C18H22O2S. The number of hydrogen-bond acceptors (Lipinski definition) is 3. The first-order chi connectivity index (χ1) is 10.4. The Bertz CT molecular complexity index is 496. The van der Waals surface area contributed by atoms with Gasteiger partial charge in [0, 0.05) is 0 Å². The van der Waals surface area contributed by atoms with Crippen molar-refractivity contribution in [2.24, 2.45) is 0 Å². The van der Waals surface area contributed by atoms with E-state index in [0.717, 1.165) is 36.0 Å². The number of thiol groups is 1. The lowest BCUT2D eigenvalue weighted by Crippen LogP contribution is -1.97. The van der Waals surface area contributed by atoms with Gasteiger partial charge in [0.2, 0.25) is 0 Å². The summed E-state index contributed by atoms with van der Waals surface area (Å²) in [6.07, 6.45) is 4.72. The van der Waals surface area contributed by atoms with E-state index in [0.29, 0.717) is 0 Å². The van der Waals surface area contributed by atoms with E-state index in [1.165, 1.54) is 19.3 Å². The highest BCUT2D eigenvalue weighted by Gasteiger charge is 1.98. The third kappa shape index (κ3) is 6.13. The number of para-hydroxylation sites is 1. The topological polar surface area (TPSA) is 18.5 Å². The number of unbranched alkanes of at least 4 members (excludes halogenated alkanes) is 3. The summed E-state index contributed by atoms with van der Waals surface area (Å²) in [5, 5.41) is 0. The van der Waals surface area contributed by atoms with Crippen molar-refractivity contribution >= 4 is 12.6 Å². The lowest BCUT2D eigenvalue weighted by molar-refractivity contribution is 0.304. The summed E-state index contributed by atoms with van der Waals surface area (Å²) in [7, 11) is 0. The van der Waals surface area contributed by atoms with Crippen LogP contribution in [-0.2, 0) is 0 Å². The molecule has 0 amide bonds. The van der Waals surface area contributed by atoms with Gasteiger partial charge in [-0.1, -0.05) is 31.0 Å². The Morgan fingerprint density at radius 2 is 1.29 bits per heavy atom. The Balaban J connectivity index is 1.72. The predicted molar refractivity (Wildman–Crippen MR) is 90.8 cm³/mol. The molecule has 0 atom stereocenters. The highest BCUT2D eigenvalue weighted by Crippen LogP contribution is 2.23. The first-order valence-electron chi connectivity index (χ1n) is 7.45. The number of hydrogen-bond donors (Lipinski definition) is 1. The van der Waals surface area contributed by atoms with E-state index in [-0.39, 0.29) is 0 Å². The monoisotopic (exact) mass is 302 g/mol. The van der Waals surface area contributed by atoms with Crippen LogP contribution in [0, 0.1) is 0 Å². The summed E-state index contributed by atoms with van der Waals surface area (Å²) in [4.78, 5) is 0. The summed E-state index contributed by atoms with van der Waals surface area (Å²) in [5.41, 5.74) is 0. The molecule has 112 valence electrons. The first-order valence-corrected chi connectivity index (χ1v) is 8.08. The lowest BCUT2D eigenvalue weighted by atomic mass is 10.2.